The lowest BCUT2D eigenvalue weighted by Crippen LogP contribution is -2.16. The van der Waals surface area contributed by atoms with E-state index in [1.807, 2.05) is 11.3 Å². The van der Waals surface area contributed by atoms with Crippen LogP contribution in [0.25, 0.3) is 64.7 Å². The highest BCUT2D eigenvalue weighted by molar-refractivity contribution is 7.26. The summed E-state index contributed by atoms with van der Waals surface area (Å²) >= 11 is 1.89. The summed E-state index contributed by atoms with van der Waals surface area (Å²) in [5.74, 6) is 0. The molecule has 11 rings (SSSR count). The van der Waals surface area contributed by atoms with E-state index < -0.39 is 0 Å². The Bertz CT molecular complexity index is 3010. The van der Waals surface area contributed by atoms with Gasteiger partial charge in [0, 0.05) is 47.9 Å². The summed E-state index contributed by atoms with van der Waals surface area (Å²) in [4.78, 5) is 2.46. The molecule has 2 heteroatoms. The molecule has 0 spiro atoms. The second kappa shape index (κ2) is 12.1. The first kappa shape index (κ1) is 33.1. The van der Waals surface area contributed by atoms with Crippen molar-refractivity contribution in [2.24, 2.45) is 0 Å². The van der Waals surface area contributed by atoms with Crippen molar-refractivity contribution in [2.45, 2.75) is 38.5 Å². The molecule has 0 saturated carbocycles. The van der Waals surface area contributed by atoms with E-state index in [4.69, 9.17) is 0 Å². The molecule has 0 N–H and O–H groups in total. The van der Waals surface area contributed by atoms with Gasteiger partial charge in [-0.05, 0) is 104 Å². The zero-order valence-corrected chi connectivity index (χ0v) is 32.9. The van der Waals surface area contributed by atoms with Gasteiger partial charge in [0.25, 0.3) is 0 Å². The van der Waals surface area contributed by atoms with Crippen LogP contribution in [0.2, 0.25) is 0 Å². The van der Waals surface area contributed by atoms with Gasteiger partial charge in [0.15, 0.2) is 0 Å². The van der Waals surface area contributed by atoms with Crippen LogP contribution in [-0.4, -0.2) is 0 Å². The lowest BCUT2D eigenvalue weighted by molar-refractivity contribution is 0.660. The summed E-state index contributed by atoms with van der Waals surface area (Å²) in [6.45, 7) is 9.41. The maximum absolute atomic E-state index is 2.46. The number of rotatable bonds is 5. The molecule has 1 aromatic heterocycles. The van der Waals surface area contributed by atoms with Crippen LogP contribution in [0.5, 0.6) is 0 Å². The molecule has 1 heterocycles. The van der Waals surface area contributed by atoms with Crippen molar-refractivity contribution in [1.29, 1.82) is 0 Å². The van der Waals surface area contributed by atoms with E-state index in [1.165, 1.54) is 92.6 Å². The van der Waals surface area contributed by atoms with E-state index in [0.717, 1.165) is 11.4 Å². The second-order valence-corrected chi connectivity index (χ2v) is 17.6. The molecular formula is C54H41NS. The van der Waals surface area contributed by atoms with E-state index >= 15 is 0 Å². The molecule has 1 nitrogen and oxygen atoms in total. The smallest absolute Gasteiger partial charge is 0.0543 e. The highest BCUT2D eigenvalue weighted by Gasteiger charge is 2.38. The first-order valence-corrected chi connectivity index (χ1v) is 20.5. The molecule has 56 heavy (non-hydrogen) atoms. The van der Waals surface area contributed by atoms with Gasteiger partial charge in [-0.25, -0.2) is 0 Å². The van der Waals surface area contributed by atoms with Crippen LogP contribution in [0, 0.1) is 0 Å². The van der Waals surface area contributed by atoms with E-state index in [9.17, 15) is 0 Å². The Kier molecular flexibility index (Phi) is 7.18. The van der Waals surface area contributed by atoms with Gasteiger partial charge in [-0.3, -0.25) is 0 Å². The number of nitrogens with zero attached hydrogens (tertiary/aromatic N) is 1. The van der Waals surface area contributed by atoms with E-state index in [0.29, 0.717) is 0 Å². The minimum absolute atomic E-state index is 0.00210. The average Bonchev–Trinajstić information content (AvgIpc) is 3.82. The predicted octanol–water partition coefficient (Wildman–Crippen LogP) is 15.5. The molecule has 2 aliphatic carbocycles. The molecule has 0 atom stereocenters. The number of hydrogen-bond acceptors (Lipinski definition) is 2. The molecule has 0 saturated heterocycles. The van der Waals surface area contributed by atoms with Gasteiger partial charge < -0.3 is 4.90 Å². The maximum Gasteiger partial charge on any atom is 0.0543 e. The van der Waals surface area contributed by atoms with Crippen LogP contribution in [0.1, 0.15) is 49.9 Å². The van der Waals surface area contributed by atoms with Crippen molar-refractivity contribution >= 4 is 48.6 Å². The van der Waals surface area contributed by atoms with Crippen LogP contribution < -0.4 is 4.90 Å². The summed E-state index contributed by atoms with van der Waals surface area (Å²) in [5, 5.41) is 2.65. The summed E-state index contributed by atoms with van der Waals surface area (Å²) < 4.78 is 2.67. The zero-order chi connectivity index (χ0) is 37.8. The van der Waals surface area contributed by atoms with Gasteiger partial charge in [0.05, 0.1) is 5.69 Å². The number of anilines is 3. The number of fused-ring (bicyclic) bond motifs is 9. The highest BCUT2D eigenvalue weighted by Crippen LogP contribution is 2.55. The standard InChI is InChI=1S/C54H41NS/c1-53(2)45-18-8-5-13-40(45)44-33-36(27-32-47(44)53)34-23-28-37(29-24-34)55(49-21-12-20-48-51(49)43-15-6-9-19-46(43)54(48,3)4)38-30-25-35(26-31-38)39-16-11-17-42-41-14-7-10-22-50(41)56-52(39)42/h5-33H,1-4H3. The van der Waals surface area contributed by atoms with Crippen LogP contribution in [-0.2, 0) is 10.8 Å². The molecule has 0 fully saturated rings. The van der Waals surface area contributed by atoms with Crippen LogP contribution in [0.15, 0.2) is 176 Å². The molecular weight excluding hydrogens is 695 g/mol. The van der Waals surface area contributed by atoms with Gasteiger partial charge in [-0.2, -0.15) is 0 Å². The maximum atomic E-state index is 2.46. The molecule has 268 valence electrons. The molecule has 8 aromatic carbocycles. The molecule has 0 bridgehead atoms. The Labute approximate surface area is 333 Å². The Hall–Kier alpha value is -6.22. The molecule has 9 aromatic rings. The third-order valence-corrected chi connectivity index (χ3v) is 13.9. The van der Waals surface area contributed by atoms with Gasteiger partial charge in [-0.15, -0.1) is 11.3 Å². The van der Waals surface area contributed by atoms with Crippen molar-refractivity contribution in [1.82, 2.24) is 0 Å². The molecule has 2 aliphatic rings. The van der Waals surface area contributed by atoms with Crippen molar-refractivity contribution in [2.75, 3.05) is 4.90 Å². The Morgan fingerprint density at radius 1 is 0.393 bits per heavy atom. The molecule has 0 amide bonds. The van der Waals surface area contributed by atoms with Crippen LogP contribution in [0.4, 0.5) is 17.1 Å². The molecule has 0 unspecified atom stereocenters. The normalized spacial score (nSPS) is 14.4. The van der Waals surface area contributed by atoms with Gasteiger partial charge in [0.1, 0.15) is 0 Å². The first-order chi connectivity index (χ1) is 27.3. The van der Waals surface area contributed by atoms with E-state index in [-0.39, 0.29) is 10.8 Å². The topological polar surface area (TPSA) is 3.24 Å². The quantitative estimate of drug-likeness (QED) is 0.170. The molecule has 0 aliphatic heterocycles. The summed E-state index contributed by atoms with van der Waals surface area (Å²) in [7, 11) is 0. The predicted molar refractivity (Wildman–Crippen MR) is 240 cm³/mol. The second-order valence-electron chi connectivity index (χ2n) is 16.5. The van der Waals surface area contributed by atoms with Crippen molar-refractivity contribution in [3.8, 4) is 44.5 Å². The minimum atomic E-state index is -0.0923. The molecule has 0 radical (unpaired) electrons. The van der Waals surface area contributed by atoms with Gasteiger partial charge in [0.2, 0.25) is 0 Å². The number of thiophene rings is 1. The average molecular weight is 736 g/mol. The highest BCUT2D eigenvalue weighted by atomic mass is 32.1. The SMILES string of the molecule is CC1(C)c2ccccc2-c2cc(-c3ccc(N(c4ccc(-c5cccc6c5sc5ccccc56)cc4)c4cccc5c4-c4ccccc4C5(C)C)cc3)ccc21. The van der Waals surface area contributed by atoms with Gasteiger partial charge >= 0.3 is 0 Å². The van der Waals surface area contributed by atoms with Crippen molar-refractivity contribution in [3.63, 3.8) is 0 Å². The third-order valence-electron chi connectivity index (χ3n) is 12.7. The zero-order valence-electron chi connectivity index (χ0n) is 32.1. The number of hydrogen-bond donors (Lipinski definition) is 0. The monoisotopic (exact) mass is 735 g/mol. The van der Waals surface area contributed by atoms with Gasteiger partial charge in [-0.1, -0.05) is 161 Å². The summed E-state index contributed by atoms with van der Waals surface area (Å²) in [6.07, 6.45) is 0. The Balaban J connectivity index is 1.04. The fraction of sp³-hybridized carbons (Fsp3) is 0.111. The lowest BCUT2D eigenvalue weighted by atomic mass is 9.82. The largest absolute Gasteiger partial charge is 0.310 e. The van der Waals surface area contributed by atoms with Crippen molar-refractivity contribution in [3.05, 3.63) is 198 Å². The Morgan fingerprint density at radius 2 is 0.929 bits per heavy atom. The van der Waals surface area contributed by atoms with Crippen LogP contribution in [0.3, 0.4) is 0 Å². The number of benzene rings is 8. The first-order valence-electron chi connectivity index (χ1n) is 19.7. The summed E-state index contributed by atoms with van der Waals surface area (Å²) in [6, 6.07) is 65.7. The van der Waals surface area contributed by atoms with E-state index in [2.05, 4.69) is 209 Å². The lowest BCUT2D eigenvalue weighted by Gasteiger charge is -2.29. The Morgan fingerprint density at radius 3 is 1.70 bits per heavy atom. The third kappa shape index (κ3) is 4.79. The van der Waals surface area contributed by atoms with Crippen molar-refractivity contribution < 1.29 is 0 Å². The fourth-order valence-electron chi connectivity index (χ4n) is 9.82. The van der Waals surface area contributed by atoms with Crippen LogP contribution >= 0.6 is 11.3 Å². The summed E-state index contributed by atoms with van der Waals surface area (Å²) in [5.41, 5.74) is 19.2. The van der Waals surface area contributed by atoms with E-state index in [1.54, 1.807) is 0 Å². The fourth-order valence-corrected chi connectivity index (χ4v) is 11.1. The minimum Gasteiger partial charge on any atom is -0.310 e.